The Morgan fingerprint density at radius 1 is 1.00 bits per heavy atom. The van der Waals surface area contributed by atoms with Gasteiger partial charge in [0, 0.05) is 18.6 Å². The second kappa shape index (κ2) is 5.35. The van der Waals surface area contributed by atoms with Crippen LogP contribution in [0.15, 0.2) is 67.1 Å². The summed E-state index contributed by atoms with van der Waals surface area (Å²) in [5, 5.41) is 7.82. The van der Waals surface area contributed by atoms with Gasteiger partial charge in [-0.3, -0.25) is 4.98 Å². The molecule has 19 heavy (non-hydrogen) atoms. The number of anilines is 1. The van der Waals surface area contributed by atoms with Crippen molar-refractivity contribution < 1.29 is 0 Å². The van der Waals surface area contributed by atoms with Crippen LogP contribution in [0.1, 0.15) is 5.69 Å². The van der Waals surface area contributed by atoms with Crippen molar-refractivity contribution in [3.8, 4) is 5.69 Å². The van der Waals surface area contributed by atoms with E-state index in [2.05, 4.69) is 15.4 Å². The second-order valence-corrected chi connectivity index (χ2v) is 4.18. The first kappa shape index (κ1) is 11.5. The molecule has 0 amide bonds. The minimum atomic E-state index is 0.686. The van der Waals surface area contributed by atoms with Crippen molar-refractivity contribution in [1.82, 2.24) is 14.8 Å². The van der Waals surface area contributed by atoms with E-state index < -0.39 is 0 Å². The summed E-state index contributed by atoms with van der Waals surface area (Å²) in [5.74, 6) is 0. The van der Waals surface area contributed by atoms with Crippen LogP contribution in [0.4, 0.5) is 5.69 Å². The molecule has 0 radical (unpaired) electrons. The number of hydrogen-bond acceptors (Lipinski definition) is 3. The highest BCUT2D eigenvalue weighted by molar-refractivity contribution is 5.40. The standard InChI is InChI=1S/C15H14N4/c1-2-6-15(7-3-1)19-10-8-14(18-19)12-17-13-5-4-9-16-11-13/h1-11,17H,12H2. The first-order valence-electron chi connectivity index (χ1n) is 6.16. The fourth-order valence-corrected chi connectivity index (χ4v) is 1.84. The number of benzene rings is 1. The average molecular weight is 250 g/mol. The molecule has 0 aliphatic carbocycles. The predicted molar refractivity (Wildman–Crippen MR) is 75.1 cm³/mol. The van der Waals surface area contributed by atoms with Crippen LogP contribution in [-0.2, 0) is 6.54 Å². The van der Waals surface area contributed by atoms with Gasteiger partial charge in [-0.2, -0.15) is 5.10 Å². The molecule has 0 unspecified atom stereocenters. The molecule has 4 nitrogen and oxygen atoms in total. The lowest BCUT2D eigenvalue weighted by atomic mass is 10.3. The number of pyridine rings is 1. The van der Waals surface area contributed by atoms with Gasteiger partial charge in [-0.15, -0.1) is 0 Å². The summed E-state index contributed by atoms with van der Waals surface area (Å²) in [6, 6.07) is 16.0. The maximum atomic E-state index is 4.53. The molecule has 0 fully saturated rings. The van der Waals surface area contributed by atoms with Crippen molar-refractivity contribution in [2.24, 2.45) is 0 Å². The van der Waals surface area contributed by atoms with Crippen molar-refractivity contribution in [2.45, 2.75) is 6.54 Å². The zero-order chi connectivity index (χ0) is 12.9. The van der Waals surface area contributed by atoms with Gasteiger partial charge in [0.05, 0.1) is 23.6 Å². The fraction of sp³-hybridized carbons (Fsp3) is 0.0667. The van der Waals surface area contributed by atoms with Crippen LogP contribution in [0, 0.1) is 0 Å². The zero-order valence-electron chi connectivity index (χ0n) is 10.4. The van der Waals surface area contributed by atoms with Gasteiger partial charge in [0.15, 0.2) is 0 Å². The topological polar surface area (TPSA) is 42.7 Å². The quantitative estimate of drug-likeness (QED) is 0.774. The third kappa shape index (κ3) is 2.80. The van der Waals surface area contributed by atoms with E-state index in [9.17, 15) is 0 Å². The molecule has 2 aromatic heterocycles. The summed E-state index contributed by atoms with van der Waals surface area (Å²) in [7, 11) is 0. The summed E-state index contributed by atoms with van der Waals surface area (Å²) >= 11 is 0. The largest absolute Gasteiger partial charge is 0.378 e. The van der Waals surface area contributed by atoms with Crippen LogP contribution in [0.3, 0.4) is 0 Å². The molecule has 0 saturated heterocycles. The maximum Gasteiger partial charge on any atom is 0.0819 e. The Bertz CT molecular complexity index is 632. The van der Waals surface area contributed by atoms with E-state index in [4.69, 9.17) is 0 Å². The summed E-state index contributed by atoms with van der Waals surface area (Å²) in [5.41, 5.74) is 3.06. The van der Waals surface area contributed by atoms with E-state index in [0.717, 1.165) is 17.1 Å². The van der Waals surface area contributed by atoms with Crippen LogP contribution in [0.5, 0.6) is 0 Å². The van der Waals surface area contributed by atoms with Crippen molar-refractivity contribution in [1.29, 1.82) is 0 Å². The minimum Gasteiger partial charge on any atom is -0.378 e. The molecule has 0 aliphatic heterocycles. The number of para-hydroxylation sites is 1. The molecule has 0 aliphatic rings. The van der Waals surface area contributed by atoms with E-state index in [1.807, 2.05) is 59.4 Å². The molecule has 0 spiro atoms. The van der Waals surface area contributed by atoms with Gasteiger partial charge in [-0.05, 0) is 30.3 Å². The van der Waals surface area contributed by atoms with Gasteiger partial charge in [0.2, 0.25) is 0 Å². The smallest absolute Gasteiger partial charge is 0.0819 e. The van der Waals surface area contributed by atoms with Gasteiger partial charge in [0.25, 0.3) is 0 Å². The Kier molecular flexibility index (Phi) is 3.23. The number of hydrogen-bond donors (Lipinski definition) is 1. The Morgan fingerprint density at radius 2 is 1.89 bits per heavy atom. The molecule has 0 saturated carbocycles. The molecule has 2 heterocycles. The lowest BCUT2D eigenvalue weighted by molar-refractivity contribution is 0.844. The van der Waals surface area contributed by atoms with Crippen molar-refractivity contribution in [3.05, 3.63) is 72.8 Å². The van der Waals surface area contributed by atoms with E-state index in [0.29, 0.717) is 6.54 Å². The van der Waals surface area contributed by atoms with E-state index in [-0.39, 0.29) is 0 Å². The van der Waals surface area contributed by atoms with Gasteiger partial charge < -0.3 is 5.32 Å². The van der Waals surface area contributed by atoms with Gasteiger partial charge in [0.1, 0.15) is 0 Å². The molecular formula is C15H14N4. The Balaban J connectivity index is 1.69. The zero-order valence-corrected chi connectivity index (χ0v) is 10.4. The van der Waals surface area contributed by atoms with E-state index in [1.54, 1.807) is 12.4 Å². The molecule has 0 bridgehead atoms. The Hall–Kier alpha value is -2.62. The minimum absolute atomic E-state index is 0.686. The van der Waals surface area contributed by atoms with Crippen molar-refractivity contribution in [3.63, 3.8) is 0 Å². The lowest BCUT2D eigenvalue weighted by Gasteiger charge is -2.03. The second-order valence-electron chi connectivity index (χ2n) is 4.18. The van der Waals surface area contributed by atoms with Gasteiger partial charge in [-0.1, -0.05) is 18.2 Å². The van der Waals surface area contributed by atoms with E-state index >= 15 is 0 Å². The van der Waals surface area contributed by atoms with E-state index in [1.165, 1.54) is 0 Å². The molecule has 3 rings (SSSR count). The average Bonchev–Trinajstić information content (AvgIpc) is 2.96. The molecule has 4 heteroatoms. The number of nitrogens with zero attached hydrogens (tertiary/aromatic N) is 3. The van der Waals surface area contributed by atoms with Gasteiger partial charge >= 0.3 is 0 Å². The molecule has 1 N–H and O–H groups in total. The van der Waals surface area contributed by atoms with Crippen molar-refractivity contribution in [2.75, 3.05) is 5.32 Å². The van der Waals surface area contributed by atoms with Gasteiger partial charge in [-0.25, -0.2) is 4.68 Å². The maximum absolute atomic E-state index is 4.53. The summed E-state index contributed by atoms with van der Waals surface area (Å²) < 4.78 is 1.88. The molecule has 0 atom stereocenters. The van der Waals surface area contributed by atoms with Crippen molar-refractivity contribution >= 4 is 5.69 Å². The Morgan fingerprint density at radius 3 is 2.68 bits per heavy atom. The number of aromatic nitrogens is 3. The highest BCUT2D eigenvalue weighted by Gasteiger charge is 2.00. The Labute approximate surface area is 111 Å². The third-order valence-electron chi connectivity index (χ3n) is 2.80. The molecule has 1 aromatic carbocycles. The highest BCUT2D eigenvalue weighted by Crippen LogP contribution is 2.09. The van der Waals surface area contributed by atoms with Crippen LogP contribution >= 0.6 is 0 Å². The number of rotatable bonds is 4. The monoisotopic (exact) mass is 250 g/mol. The summed E-state index contributed by atoms with van der Waals surface area (Å²) in [4.78, 5) is 4.06. The number of nitrogens with one attached hydrogen (secondary N) is 1. The lowest BCUT2D eigenvalue weighted by Crippen LogP contribution is -2.02. The SMILES string of the molecule is c1ccc(-n2ccc(CNc3cccnc3)n2)cc1. The molecular weight excluding hydrogens is 236 g/mol. The third-order valence-corrected chi connectivity index (χ3v) is 2.80. The summed E-state index contributed by atoms with van der Waals surface area (Å²) in [6.45, 7) is 0.686. The predicted octanol–water partition coefficient (Wildman–Crippen LogP) is 2.88. The highest BCUT2D eigenvalue weighted by atomic mass is 15.3. The molecule has 3 aromatic rings. The fourth-order valence-electron chi connectivity index (χ4n) is 1.84. The van der Waals surface area contributed by atoms with Crippen LogP contribution in [-0.4, -0.2) is 14.8 Å². The van der Waals surface area contributed by atoms with Crippen LogP contribution in [0.2, 0.25) is 0 Å². The normalized spacial score (nSPS) is 10.3. The summed E-state index contributed by atoms with van der Waals surface area (Å²) in [6.07, 6.45) is 5.53. The first-order chi connectivity index (χ1) is 9.42. The van der Waals surface area contributed by atoms with Crippen LogP contribution in [0.25, 0.3) is 5.69 Å². The molecule has 94 valence electrons. The first-order valence-corrected chi connectivity index (χ1v) is 6.16. The van der Waals surface area contributed by atoms with Crippen LogP contribution < -0.4 is 5.32 Å².